The molecule has 4 aromatic rings. The predicted molar refractivity (Wildman–Crippen MR) is 134 cm³/mol. The lowest BCUT2D eigenvalue weighted by atomic mass is 9.91. The van der Waals surface area contributed by atoms with Gasteiger partial charge in [-0.1, -0.05) is 24.8 Å². The molecule has 0 aliphatic carbocycles. The molecule has 1 saturated heterocycles. The topological polar surface area (TPSA) is 121 Å². The number of pyridine rings is 1. The first kappa shape index (κ1) is 22.2. The van der Waals surface area contributed by atoms with Crippen LogP contribution in [0.1, 0.15) is 24.5 Å². The summed E-state index contributed by atoms with van der Waals surface area (Å²) in [6.45, 7) is 4.64. The first-order valence-corrected chi connectivity index (χ1v) is 11.4. The highest BCUT2D eigenvalue weighted by Crippen LogP contribution is 2.36. The van der Waals surface area contributed by atoms with Gasteiger partial charge in [0.05, 0.1) is 16.6 Å². The molecule has 0 saturated carbocycles. The van der Waals surface area contributed by atoms with Gasteiger partial charge in [0.1, 0.15) is 23.1 Å². The highest BCUT2D eigenvalue weighted by atomic mass is 16.5. The number of hydrogen-bond donors (Lipinski definition) is 2. The van der Waals surface area contributed by atoms with Crippen molar-refractivity contribution in [3.8, 4) is 28.8 Å². The summed E-state index contributed by atoms with van der Waals surface area (Å²) in [6.07, 6.45) is 1.49. The second-order valence-electron chi connectivity index (χ2n) is 8.52. The first-order chi connectivity index (χ1) is 17.0. The SMILES string of the molecule is C=C(C#N)C(=O)N1CCC(c2cc3[nH]nc(N)c3c(-c3ccc(Oc4ccccc4)cc3)n2)CC1. The minimum absolute atomic E-state index is 0.0297. The lowest BCUT2D eigenvalue weighted by Gasteiger charge is -2.31. The number of fused-ring (bicyclic) bond motifs is 1. The zero-order chi connectivity index (χ0) is 24.4. The molecule has 35 heavy (non-hydrogen) atoms. The molecule has 0 unspecified atom stereocenters. The number of anilines is 1. The van der Waals surface area contributed by atoms with E-state index in [0.29, 0.717) is 18.9 Å². The van der Waals surface area contributed by atoms with Gasteiger partial charge >= 0.3 is 0 Å². The number of aromatic nitrogens is 3. The third kappa shape index (κ3) is 4.44. The standard InChI is InChI=1S/C27H24N6O2/c1-17(16-28)27(34)33-13-11-18(12-14-33)22-15-23-24(26(29)32-31-23)25(30-22)19-7-9-21(10-8-19)35-20-5-3-2-4-6-20/h2-10,15,18H,1,11-14H2,(H3,29,31,32). The average Bonchev–Trinajstić information content (AvgIpc) is 3.29. The number of nitrogens with one attached hydrogen (secondary N) is 1. The van der Waals surface area contributed by atoms with Crippen LogP contribution in [-0.4, -0.2) is 39.1 Å². The van der Waals surface area contributed by atoms with Gasteiger partial charge in [-0.25, -0.2) is 0 Å². The molecule has 1 amide bonds. The van der Waals surface area contributed by atoms with E-state index in [1.165, 1.54) is 0 Å². The summed E-state index contributed by atoms with van der Waals surface area (Å²) in [6, 6.07) is 21.2. The number of amides is 1. The molecular weight excluding hydrogens is 440 g/mol. The van der Waals surface area contributed by atoms with Crippen LogP contribution in [0.2, 0.25) is 0 Å². The van der Waals surface area contributed by atoms with Crippen LogP contribution in [-0.2, 0) is 4.79 Å². The summed E-state index contributed by atoms with van der Waals surface area (Å²) < 4.78 is 5.92. The maximum atomic E-state index is 12.3. The maximum absolute atomic E-state index is 12.3. The minimum atomic E-state index is -0.297. The zero-order valence-corrected chi connectivity index (χ0v) is 19.1. The number of ether oxygens (including phenoxy) is 1. The quantitative estimate of drug-likeness (QED) is 0.324. The number of piperidine rings is 1. The Morgan fingerprint density at radius 2 is 1.80 bits per heavy atom. The molecule has 174 valence electrons. The van der Waals surface area contributed by atoms with E-state index in [1.807, 2.05) is 66.7 Å². The van der Waals surface area contributed by atoms with Crippen molar-refractivity contribution in [1.82, 2.24) is 20.1 Å². The van der Waals surface area contributed by atoms with Gasteiger partial charge in [0.15, 0.2) is 5.82 Å². The van der Waals surface area contributed by atoms with Crippen LogP contribution in [0.3, 0.4) is 0 Å². The average molecular weight is 465 g/mol. The summed E-state index contributed by atoms with van der Waals surface area (Å²) in [5.74, 6) is 1.76. The van der Waals surface area contributed by atoms with E-state index < -0.39 is 0 Å². The molecule has 1 aliphatic heterocycles. The van der Waals surface area contributed by atoms with Crippen molar-refractivity contribution in [3.05, 3.63) is 78.5 Å². The van der Waals surface area contributed by atoms with E-state index in [9.17, 15) is 4.79 Å². The number of aromatic amines is 1. The molecule has 3 heterocycles. The molecule has 1 aliphatic rings. The van der Waals surface area contributed by atoms with Crippen LogP contribution >= 0.6 is 0 Å². The Balaban J connectivity index is 1.41. The Morgan fingerprint density at radius 3 is 2.49 bits per heavy atom. The number of nitrogens with zero attached hydrogens (tertiary/aromatic N) is 4. The number of rotatable bonds is 5. The molecule has 1 fully saturated rings. The first-order valence-electron chi connectivity index (χ1n) is 11.4. The largest absolute Gasteiger partial charge is 0.457 e. The number of H-pyrrole nitrogens is 1. The van der Waals surface area contributed by atoms with Crippen LogP contribution in [0, 0.1) is 11.3 Å². The van der Waals surface area contributed by atoms with Crippen molar-refractivity contribution in [3.63, 3.8) is 0 Å². The van der Waals surface area contributed by atoms with Crippen LogP contribution in [0.5, 0.6) is 11.5 Å². The lowest BCUT2D eigenvalue weighted by molar-refractivity contribution is -0.127. The molecule has 8 nitrogen and oxygen atoms in total. The van der Waals surface area contributed by atoms with Gasteiger partial charge in [0.25, 0.3) is 5.91 Å². The van der Waals surface area contributed by atoms with Gasteiger partial charge in [0, 0.05) is 30.3 Å². The number of nitrogens with two attached hydrogens (primary N) is 1. The van der Waals surface area contributed by atoms with Crippen LogP contribution < -0.4 is 10.5 Å². The van der Waals surface area contributed by atoms with Crippen molar-refractivity contribution in [2.24, 2.45) is 0 Å². The third-order valence-corrected chi connectivity index (χ3v) is 6.29. The number of benzene rings is 2. The van der Waals surface area contributed by atoms with Crippen molar-refractivity contribution in [1.29, 1.82) is 5.26 Å². The van der Waals surface area contributed by atoms with Gasteiger partial charge in [-0.05, 0) is 55.3 Å². The molecule has 0 bridgehead atoms. The van der Waals surface area contributed by atoms with E-state index in [4.69, 9.17) is 20.7 Å². The number of nitriles is 1. The molecule has 0 atom stereocenters. The molecular formula is C27H24N6O2. The van der Waals surface area contributed by atoms with Gasteiger partial charge in [-0.2, -0.15) is 10.4 Å². The molecule has 0 spiro atoms. The summed E-state index contributed by atoms with van der Waals surface area (Å²) in [4.78, 5) is 19.0. The Kier molecular flexibility index (Phi) is 5.90. The summed E-state index contributed by atoms with van der Waals surface area (Å²) in [7, 11) is 0. The molecule has 2 aromatic carbocycles. The van der Waals surface area contributed by atoms with E-state index in [0.717, 1.165) is 52.2 Å². The number of hydrogen-bond acceptors (Lipinski definition) is 6. The summed E-state index contributed by atoms with van der Waals surface area (Å²) >= 11 is 0. The molecule has 8 heteroatoms. The predicted octanol–water partition coefficient (Wildman–Crippen LogP) is 4.79. The van der Waals surface area contributed by atoms with E-state index in [1.54, 1.807) is 4.90 Å². The Hall–Kier alpha value is -4.64. The van der Waals surface area contributed by atoms with Crippen molar-refractivity contribution >= 4 is 22.6 Å². The molecule has 5 rings (SSSR count). The normalized spacial score (nSPS) is 14.0. The number of para-hydroxylation sites is 1. The minimum Gasteiger partial charge on any atom is -0.457 e. The fourth-order valence-corrected chi connectivity index (χ4v) is 4.43. The van der Waals surface area contributed by atoms with Crippen LogP contribution in [0.25, 0.3) is 22.2 Å². The second kappa shape index (κ2) is 9.31. The zero-order valence-electron chi connectivity index (χ0n) is 19.1. The maximum Gasteiger partial charge on any atom is 0.263 e. The van der Waals surface area contributed by atoms with Crippen molar-refractivity contribution in [2.75, 3.05) is 18.8 Å². The van der Waals surface area contributed by atoms with E-state index >= 15 is 0 Å². The highest BCUT2D eigenvalue weighted by molar-refractivity contribution is 6.00. The fourth-order valence-electron chi connectivity index (χ4n) is 4.43. The highest BCUT2D eigenvalue weighted by Gasteiger charge is 2.27. The lowest BCUT2D eigenvalue weighted by Crippen LogP contribution is -2.38. The van der Waals surface area contributed by atoms with Gasteiger partial charge in [-0.15, -0.1) is 0 Å². The summed E-state index contributed by atoms with van der Waals surface area (Å²) in [5.41, 5.74) is 9.56. The van der Waals surface area contributed by atoms with Crippen molar-refractivity contribution in [2.45, 2.75) is 18.8 Å². The third-order valence-electron chi connectivity index (χ3n) is 6.29. The van der Waals surface area contributed by atoms with Crippen LogP contribution in [0.4, 0.5) is 5.82 Å². The van der Waals surface area contributed by atoms with Crippen molar-refractivity contribution < 1.29 is 9.53 Å². The number of likely N-dealkylation sites (tertiary alicyclic amines) is 1. The van der Waals surface area contributed by atoms with Gasteiger partial charge in [0.2, 0.25) is 0 Å². The smallest absolute Gasteiger partial charge is 0.263 e. The van der Waals surface area contributed by atoms with Gasteiger partial charge < -0.3 is 15.4 Å². The molecule has 3 N–H and O–H groups in total. The number of nitrogen functional groups attached to an aromatic ring is 1. The monoisotopic (exact) mass is 464 g/mol. The number of carbonyl (C=O) groups is 1. The van der Waals surface area contributed by atoms with Crippen LogP contribution in [0.15, 0.2) is 72.8 Å². The molecule has 0 radical (unpaired) electrons. The Labute approximate surface area is 202 Å². The number of carbonyl (C=O) groups excluding carboxylic acids is 1. The molecule has 2 aromatic heterocycles. The Morgan fingerprint density at radius 1 is 1.11 bits per heavy atom. The second-order valence-corrected chi connectivity index (χ2v) is 8.52. The van der Waals surface area contributed by atoms with Gasteiger partial charge in [-0.3, -0.25) is 14.9 Å². The fraction of sp³-hybridized carbons (Fsp3) is 0.185. The van der Waals surface area contributed by atoms with E-state index in [2.05, 4.69) is 16.8 Å². The Bertz CT molecular complexity index is 1430. The summed E-state index contributed by atoms with van der Waals surface area (Å²) in [5, 5.41) is 17.0. The van der Waals surface area contributed by atoms with E-state index in [-0.39, 0.29) is 17.4 Å².